The largest absolute Gasteiger partial charge is 0.443 e. The first kappa shape index (κ1) is 21.5. The van der Waals surface area contributed by atoms with Crippen LogP contribution in [0.4, 0.5) is 14.9 Å². The van der Waals surface area contributed by atoms with Crippen LogP contribution in [0.1, 0.15) is 26.5 Å². The molecule has 0 aliphatic carbocycles. The molecule has 2 aromatic rings. The molecule has 1 amide bonds. The van der Waals surface area contributed by atoms with Crippen molar-refractivity contribution in [3.05, 3.63) is 42.2 Å². The number of imidazole rings is 1. The fraction of sp³-hybridized carbons (Fsp3) is 0.500. The number of carbonyl (C=O) groups excluding carboxylic acids is 1. The molecule has 1 aromatic heterocycles. The Labute approximate surface area is 171 Å². The number of nitrogens with zero attached hydrogens (tertiary/aromatic N) is 3. The fourth-order valence-electron chi connectivity index (χ4n) is 2.77. The summed E-state index contributed by atoms with van der Waals surface area (Å²) in [7, 11) is -1.89. The number of carbonyl (C=O) groups is 1. The third-order valence-corrected chi connectivity index (χ3v) is 10.2. The first-order valence-electron chi connectivity index (χ1n) is 9.67. The maximum Gasteiger partial charge on any atom is 0.414 e. The van der Waals surface area contributed by atoms with E-state index in [0.29, 0.717) is 24.5 Å². The lowest BCUT2D eigenvalue weighted by Gasteiger charge is -2.35. The van der Waals surface area contributed by atoms with Gasteiger partial charge in [0.15, 0.2) is 8.32 Å². The maximum absolute atomic E-state index is 14.8. The lowest BCUT2D eigenvalue weighted by Crippen LogP contribution is -2.40. The topological polar surface area (TPSA) is 82.6 Å². The number of rotatable bonds is 6. The van der Waals surface area contributed by atoms with E-state index < -0.39 is 20.2 Å². The van der Waals surface area contributed by atoms with E-state index >= 15 is 0 Å². The van der Waals surface area contributed by atoms with E-state index in [1.54, 1.807) is 29.2 Å². The lowest BCUT2D eigenvalue weighted by molar-refractivity contribution is 0.145. The highest BCUT2D eigenvalue weighted by molar-refractivity contribution is 6.74. The first-order chi connectivity index (χ1) is 13.5. The van der Waals surface area contributed by atoms with Gasteiger partial charge in [0.1, 0.15) is 11.9 Å². The van der Waals surface area contributed by atoms with Crippen LogP contribution in [0.25, 0.3) is 5.69 Å². The van der Waals surface area contributed by atoms with Crippen LogP contribution in [-0.4, -0.2) is 43.2 Å². The van der Waals surface area contributed by atoms with Crippen molar-refractivity contribution < 1.29 is 18.3 Å². The van der Waals surface area contributed by atoms with Gasteiger partial charge < -0.3 is 19.5 Å². The molecule has 1 atom stereocenters. The molecule has 0 bridgehead atoms. The molecule has 0 radical (unpaired) electrons. The minimum absolute atomic E-state index is 0.108. The summed E-state index contributed by atoms with van der Waals surface area (Å²) in [6, 6.07) is 4.62. The van der Waals surface area contributed by atoms with Crippen molar-refractivity contribution in [3.8, 4) is 5.69 Å². The van der Waals surface area contributed by atoms with E-state index in [2.05, 4.69) is 38.8 Å². The Hall–Kier alpha value is -2.23. The van der Waals surface area contributed by atoms with E-state index in [9.17, 15) is 9.18 Å². The van der Waals surface area contributed by atoms with Crippen LogP contribution in [0.2, 0.25) is 18.1 Å². The van der Waals surface area contributed by atoms with Crippen molar-refractivity contribution in [2.45, 2.75) is 51.6 Å². The SMILES string of the molecule is CC(C)(C)[Si](C)(C)OCc1cn(-c2ccc(N3CC(CN)OC3=O)cc2F)cn1. The standard InChI is InChI=1S/C20H29FN4O3Si/c1-20(2,3)29(4,5)27-12-14-10-24(13-23-14)18-7-6-15(8-17(18)21)25-11-16(9-22)28-19(25)26/h6-8,10,13,16H,9,11-12,22H2,1-5H3. The van der Waals surface area contributed by atoms with Crippen molar-refractivity contribution in [1.29, 1.82) is 0 Å². The number of amides is 1. The molecule has 1 fully saturated rings. The normalized spacial score (nSPS) is 17.7. The van der Waals surface area contributed by atoms with Crippen LogP contribution in [0.5, 0.6) is 0 Å². The van der Waals surface area contributed by atoms with Gasteiger partial charge in [0.2, 0.25) is 0 Å². The van der Waals surface area contributed by atoms with E-state index in [-0.39, 0.29) is 17.7 Å². The molecule has 7 nitrogen and oxygen atoms in total. The highest BCUT2D eigenvalue weighted by atomic mass is 28.4. The van der Waals surface area contributed by atoms with Gasteiger partial charge in [-0.2, -0.15) is 0 Å². The van der Waals surface area contributed by atoms with Crippen LogP contribution < -0.4 is 10.6 Å². The van der Waals surface area contributed by atoms with Crippen LogP contribution in [0.3, 0.4) is 0 Å². The van der Waals surface area contributed by atoms with Gasteiger partial charge in [-0.25, -0.2) is 14.2 Å². The third kappa shape index (κ3) is 4.52. The zero-order valence-corrected chi connectivity index (χ0v) is 18.6. The molecule has 158 valence electrons. The van der Waals surface area contributed by atoms with Crippen LogP contribution in [0, 0.1) is 5.82 Å². The molecule has 29 heavy (non-hydrogen) atoms. The summed E-state index contributed by atoms with van der Waals surface area (Å²) in [5.41, 5.74) is 7.08. The summed E-state index contributed by atoms with van der Waals surface area (Å²) >= 11 is 0. The number of halogens is 1. The summed E-state index contributed by atoms with van der Waals surface area (Å²) in [6.07, 6.45) is 2.44. The molecular formula is C20H29FN4O3Si. The van der Waals surface area contributed by atoms with Gasteiger partial charge in [0, 0.05) is 12.7 Å². The number of nitrogens with two attached hydrogens (primary N) is 1. The van der Waals surface area contributed by atoms with Crippen molar-refractivity contribution >= 4 is 20.1 Å². The summed E-state index contributed by atoms with van der Waals surface area (Å²) in [5, 5.41) is 0.108. The number of hydrogen-bond donors (Lipinski definition) is 1. The Balaban J connectivity index is 1.73. The second-order valence-electron chi connectivity index (χ2n) is 8.81. The van der Waals surface area contributed by atoms with Gasteiger partial charge in [-0.15, -0.1) is 0 Å². The smallest absolute Gasteiger partial charge is 0.414 e. The molecule has 9 heteroatoms. The summed E-state index contributed by atoms with van der Waals surface area (Å²) in [6.45, 7) is 11.8. The Morgan fingerprint density at radius 3 is 2.69 bits per heavy atom. The second kappa shape index (κ2) is 7.89. The number of aromatic nitrogens is 2. The Bertz CT molecular complexity index is 894. The van der Waals surface area contributed by atoms with Gasteiger partial charge in [0.05, 0.1) is 36.5 Å². The number of benzene rings is 1. The van der Waals surface area contributed by atoms with Gasteiger partial charge >= 0.3 is 6.09 Å². The number of hydrogen-bond acceptors (Lipinski definition) is 5. The number of anilines is 1. The van der Waals surface area contributed by atoms with Crippen LogP contribution >= 0.6 is 0 Å². The second-order valence-corrected chi connectivity index (χ2v) is 13.6. The molecule has 1 aliphatic rings. The van der Waals surface area contributed by atoms with E-state index in [1.165, 1.54) is 11.0 Å². The predicted octanol–water partition coefficient (Wildman–Crippen LogP) is 3.82. The summed E-state index contributed by atoms with van der Waals surface area (Å²) in [5.74, 6) is -0.458. The highest BCUT2D eigenvalue weighted by Gasteiger charge is 2.37. The van der Waals surface area contributed by atoms with Gasteiger partial charge in [-0.3, -0.25) is 4.90 Å². The summed E-state index contributed by atoms with van der Waals surface area (Å²) in [4.78, 5) is 17.7. The van der Waals surface area contributed by atoms with E-state index in [0.717, 1.165) is 5.69 Å². The number of cyclic esters (lactones) is 1. The Morgan fingerprint density at radius 1 is 1.38 bits per heavy atom. The average molecular weight is 421 g/mol. The fourth-order valence-corrected chi connectivity index (χ4v) is 3.71. The zero-order valence-electron chi connectivity index (χ0n) is 17.6. The van der Waals surface area contributed by atoms with Crippen molar-refractivity contribution in [1.82, 2.24) is 9.55 Å². The molecule has 1 unspecified atom stereocenters. The summed E-state index contributed by atoms with van der Waals surface area (Å²) < 4.78 is 27.7. The first-order valence-corrected chi connectivity index (χ1v) is 12.6. The van der Waals surface area contributed by atoms with Crippen LogP contribution in [-0.2, 0) is 15.8 Å². The van der Waals surface area contributed by atoms with Gasteiger partial charge in [-0.1, -0.05) is 20.8 Å². The van der Waals surface area contributed by atoms with Gasteiger partial charge in [-0.05, 0) is 36.3 Å². The van der Waals surface area contributed by atoms with E-state index in [4.69, 9.17) is 14.9 Å². The Kier molecular flexibility index (Phi) is 5.84. The van der Waals surface area contributed by atoms with Crippen molar-refractivity contribution in [2.75, 3.05) is 18.0 Å². The van der Waals surface area contributed by atoms with Crippen molar-refractivity contribution in [3.63, 3.8) is 0 Å². The monoisotopic (exact) mass is 420 g/mol. The third-order valence-electron chi connectivity index (χ3n) is 5.68. The quantitative estimate of drug-likeness (QED) is 0.719. The highest BCUT2D eigenvalue weighted by Crippen LogP contribution is 2.37. The minimum Gasteiger partial charge on any atom is -0.443 e. The molecule has 2 N–H and O–H groups in total. The lowest BCUT2D eigenvalue weighted by atomic mass is 10.2. The van der Waals surface area contributed by atoms with Gasteiger partial charge in [0.25, 0.3) is 0 Å². The van der Waals surface area contributed by atoms with Crippen LogP contribution in [0.15, 0.2) is 30.7 Å². The molecule has 1 aromatic carbocycles. The number of ether oxygens (including phenoxy) is 1. The molecule has 0 spiro atoms. The predicted molar refractivity (Wildman–Crippen MR) is 112 cm³/mol. The zero-order chi connectivity index (χ0) is 21.4. The molecule has 3 rings (SSSR count). The minimum atomic E-state index is -1.89. The molecule has 1 saturated heterocycles. The van der Waals surface area contributed by atoms with E-state index in [1.807, 2.05) is 0 Å². The molecule has 2 heterocycles. The average Bonchev–Trinajstić information content (AvgIpc) is 3.25. The van der Waals surface area contributed by atoms with Crippen molar-refractivity contribution in [2.24, 2.45) is 5.73 Å². The molecule has 1 aliphatic heterocycles. The molecular weight excluding hydrogens is 391 g/mol. The maximum atomic E-state index is 14.8. The Morgan fingerprint density at radius 2 is 2.10 bits per heavy atom. The molecule has 0 saturated carbocycles.